The van der Waals surface area contributed by atoms with Crippen LogP contribution >= 0.6 is 0 Å². The van der Waals surface area contributed by atoms with Gasteiger partial charge in [0.2, 0.25) is 15.9 Å². The van der Waals surface area contributed by atoms with Crippen molar-refractivity contribution in [3.8, 4) is 5.75 Å². The number of aryl methyl sites for hydroxylation is 2. The van der Waals surface area contributed by atoms with Gasteiger partial charge in [-0.25, -0.2) is 8.42 Å². The predicted molar refractivity (Wildman–Crippen MR) is 126 cm³/mol. The van der Waals surface area contributed by atoms with Crippen LogP contribution in [-0.2, 0) is 14.8 Å². The van der Waals surface area contributed by atoms with Gasteiger partial charge in [-0.1, -0.05) is 49.7 Å². The Morgan fingerprint density at radius 1 is 1.13 bits per heavy atom. The molecule has 6 nitrogen and oxygen atoms in total. The summed E-state index contributed by atoms with van der Waals surface area (Å²) in [6.07, 6.45) is 1.89. The average Bonchev–Trinajstić information content (AvgIpc) is 2.69. The summed E-state index contributed by atoms with van der Waals surface area (Å²) >= 11 is 0. The summed E-state index contributed by atoms with van der Waals surface area (Å²) in [5, 5.41) is 2.83. The third-order valence-electron chi connectivity index (χ3n) is 5.01. The number of amides is 1. The van der Waals surface area contributed by atoms with E-state index in [4.69, 9.17) is 4.74 Å². The first-order chi connectivity index (χ1) is 14.6. The van der Waals surface area contributed by atoms with Crippen LogP contribution in [0.25, 0.3) is 0 Å². The second-order valence-electron chi connectivity index (χ2n) is 8.12. The number of hydrogen-bond acceptors (Lipinski definition) is 4. The Hall–Kier alpha value is -2.54. The first kappa shape index (κ1) is 24.7. The van der Waals surface area contributed by atoms with E-state index in [1.807, 2.05) is 64.1 Å². The molecule has 1 N–H and O–H groups in total. The van der Waals surface area contributed by atoms with E-state index >= 15 is 0 Å². The Labute approximate surface area is 186 Å². The molecule has 0 atom stereocenters. The van der Waals surface area contributed by atoms with Gasteiger partial charge in [0.15, 0.2) is 0 Å². The molecule has 7 heteroatoms. The molecule has 0 radical (unpaired) electrons. The van der Waals surface area contributed by atoms with Crippen LogP contribution in [0.15, 0.2) is 42.5 Å². The van der Waals surface area contributed by atoms with Crippen LogP contribution in [0.1, 0.15) is 49.3 Å². The average molecular weight is 447 g/mol. The fourth-order valence-corrected chi connectivity index (χ4v) is 4.44. The zero-order valence-corrected chi connectivity index (χ0v) is 20.0. The van der Waals surface area contributed by atoms with E-state index in [1.54, 1.807) is 0 Å². The SMILES string of the molecule is Cc1ccc(OCCNC(=O)CCCN(c2ccccc2C(C)C)S(C)(=O)=O)c(C)c1. The number of rotatable bonds is 11. The summed E-state index contributed by atoms with van der Waals surface area (Å²) in [5.74, 6) is 0.892. The van der Waals surface area contributed by atoms with Crippen LogP contribution in [0.5, 0.6) is 5.75 Å². The molecule has 0 bridgehead atoms. The summed E-state index contributed by atoms with van der Waals surface area (Å²) in [6, 6.07) is 13.5. The minimum atomic E-state index is -3.45. The van der Waals surface area contributed by atoms with Gasteiger partial charge in [0.05, 0.1) is 18.5 Å². The zero-order chi connectivity index (χ0) is 23.0. The molecular weight excluding hydrogens is 412 g/mol. The Morgan fingerprint density at radius 3 is 2.48 bits per heavy atom. The molecule has 2 aromatic rings. The number of sulfonamides is 1. The molecule has 0 aromatic heterocycles. The van der Waals surface area contributed by atoms with Gasteiger partial charge < -0.3 is 10.1 Å². The predicted octanol–water partition coefficient (Wildman–Crippen LogP) is 4.17. The maximum absolute atomic E-state index is 12.4. The molecule has 0 unspecified atom stereocenters. The summed E-state index contributed by atoms with van der Waals surface area (Å²) < 4.78 is 31.9. The molecule has 0 aliphatic heterocycles. The Morgan fingerprint density at radius 2 is 1.84 bits per heavy atom. The minimum Gasteiger partial charge on any atom is -0.491 e. The largest absolute Gasteiger partial charge is 0.491 e. The molecule has 1 amide bonds. The Balaban J connectivity index is 1.84. The molecule has 170 valence electrons. The smallest absolute Gasteiger partial charge is 0.232 e. The maximum atomic E-state index is 12.4. The maximum Gasteiger partial charge on any atom is 0.232 e. The van der Waals surface area contributed by atoms with E-state index in [1.165, 1.54) is 16.1 Å². The van der Waals surface area contributed by atoms with E-state index < -0.39 is 10.0 Å². The fraction of sp³-hybridized carbons (Fsp3) is 0.458. The molecule has 0 saturated heterocycles. The Bertz CT molecular complexity index is 987. The first-order valence-corrected chi connectivity index (χ1v) is 12.5. The van der Waals surface area contributed by atoms with Crippen molar-refractivity contribution in [2.75, 3.05) is 30.3 Å². The van der Waals surface area contributed by atoms with Crippen LogP contribution < -0.4 is 14.4 Å². The van der Waals surface area contributed by atoms with E-state index in [9.17, 15) is 13.2 Å². The molecule has 2 aromatic carbocycles. The molecule has 0 spiro atoms. The number of carbonyl (C=O) groups excluding carboxylic acids is 1. The number of hydrogen-bond donors (Lipinski definition) is 1. The van der Waals surface area contributed by atoms with E-state index in [2.05, 4.69) is 11.4 Å². The highest BCUT2D eigenvalue weighted by Crippen LogP contribution is 2.29. The van der Waals surface area contributed by atoms with Crippen molar-refractivity contribution in [1.29, 1.82) is 0 Å². The lowest BCUT2D eigenvalue weighted by Gasteiger charge is -2.26. The number of benzene rings is 2. The highest BCUT2D eigenvalue weighted by molar-refractivity contribution is 7.92. The van der Waals surface area contributed by atoms with Crippen LogP contribution in [0, 0.1) is 13.8 Å². The number of nitrogens with one attached hydrogen (secondary N) is 1. The van der Waals surface area contributed by atoms with Crippen LogP contribution in [-0.4, -0.2) is 40.3 Å². The lowest BCUT2D eigenvalue weighted by molar-refractivity contribution is -0.121. The van der Waals surface area contributed by atoms with Crippen LogP contribution in [0.2, 0.25) is 0 Å². The van der Waals surface area contributed by atoms with Crippen molar-refractivity contribution in [2.24, 2.45) is 0 Å². The lowest BCUT2D eigenvalue weighted by Crippen LogP contribution is -2.33. The first-order valence-electron chi connectivity index (χ1n) is 10.6. The highest BCUT2D eigenvalue weighted by Gasteiger charge is 2.21. The van der Waals surface area contributed by atoms with Crippen molar-refractivity contribution >= 4 is 21.6 Å². The van der Waals surface area contributed by atoms with Gasteiger partial charge in [0.1, 0.15) is 12.4 Å². The molecule has 0 fully saturated rings. The van der Waals surface area contributed by atoms with Gasteiger partial charge in [-0.3, -0.25) is 9.10 Å². The number of nitrogens with zero attached hydrogens (tertiary/aromatic N) is 1. The highest BCUT2D eigenvalue weighted by atomic mass is 32.2. The number of para-hydroxylation sites is 1. The van der Waals surface area contributed by atoms with Gasteiger partial charge in [-0.05, 0) is 49.4 Å². The normalized spacial score (nSPS) is 11.4. The van der Waals surface area contributed by atoms with E-state index in [-0.39, 0.29) is 24.8 Å². The molecular formula is C24H34N2O4S. The van der Waals surface area contributed by atoms with Crippen molar-refractivity contribution < 1.29 is 17.9 Å². The number of anilines is 1. The van der Waals surface area contributed by atoms with Gasteiger partial charge in [-0.15, -0.1) is 0 Å². The van der Waals surface area contributed by atoms with Gasteiger partial charge >= 0.3 is 0 Å². The quantitative estimate of drug-likeness (QED) is 0.526. The second kappa shape index (κ2) is 11.2. The fourth-order valence-electron chi connectivity index (χ4n) is 3.45. The van der Waals surface area contributed by atoms with Crippen molar-refractivity contribution in [2.45, 2.75) is 46.5 Å². The van der Waals surface area contributed by atoms with Crippen LogP contribution in [0.3, 0.4) is 0 Å². The second-order valence-corrected chi connectivity index (χ2v) is 10.0. The molecule has 31 heavy (non-hydrogen) atoms. The Kier molecular flexibility index (Phi) is 8.92. The standard InChI is InChI=1S/C24H34N2O4S/c1-18(2)21-9-6-7-10-22(21)26(31(5,28)29)15-8-11-24(27)25-14-16-30-23-13-12-19(3)17-20(23)4/h6-7,9-10,12-13,17-18H,8,11,14-16H2,1-5H3,(H,25,27). The molecule has 0 aliphatic carbocycles. The molecule has 2 rings (SSSR count). The summed E-state index contributed by atoms with van der Waals surface area (Å²) in [7, 11) is -3.45. The van der Waals surface area contributed by atoms with Gasteiger partial charge in [0, 0.05) is 13.0 Å². The summed E-state index contributed by atoms with van der Waals surface area (Å²) in [4.78, 5) is 12.2. The van der Waals surface area contributed by atoms with E-state index in [0.29, 0.717) is 25.3 Å². The third kappa shape index (κ3) is 7.58. The van der Waals surface area contributed by atoms with Crippen molar-refractivity contribution in [3.05, 3.63) is 59.2 Å². The molecule has 0 aliphatic rings. The minimum absolute atomic E-state index is 0.116. The summed E-state index contributed by atoms with van der Waals surface area (Å²) in [6.45, 7) is 9.13. The van der Waals surface area contributed by atoms with E-state index in [0.717, 1.165) is 16.9 Å². The topological polar surface area (TPSA) is 75.7 Å². The van der Waals surface area contributed by atoms with Crippen molar-refractivity contribution in [3.63, 3.8) is 0 Å². The number of ether oxygens (including phenoxy) is 1. The zero-order valence-electron chi connectivity index (χ0n) is 19.1. The van der Waals surface area contributed by atoms with Gasteiger partial charge in [-0.2, -0.15) is 0 Å². The lowest BCUT2D eigenvalue weighted by atomic mass is 10.0. The monoisotopic (exact) mass is 446 g/mol. The molecule has 0 heterocycles. The third-order valence-corrected chi connectivity index (χ3v) is 6.18. The number of carbonyl (C=O) groups is 1. The van der Waals surface area contributed by atoms with Gasteiger partial charge in [0.25, 0.3) is 0 Å². The molecule has 0 saturated carbocycles. The van der Waals surface area contributed by atoms with Crippen molar-refractivity contribution in [1.82, 2.24) is 5.32 Å². The van der Waals surface area contributed by atoms with Crippen LogP contribution in [0.4, 0.5) is 5.69 Å². The summed E-state index contributed by atoms with van der Waals surface area (Å²) in [5.41, 5.74) is 3.90.